The highest BCUT2D eigenvalue weighted by molar-refractivity contribution is 6.27. The standard InChI is InChI=1S/C11H18ClN3O/c1-4-14-7-10(6-13-14)8-15(9(2)3)11(16)5-12/h6-7,9H,4-5,8H2,1-3H3. The van der Waals surface area contributed by atoms with Crippen molar-refractivity contribution in [2.45, 2.75) is 39.9 Å². The quantitative estimate of drug-likeness (QED) is 0.741. The molecule has 0 aliphatic carbocycles. The molecular formula is C11H18ClN3O. The maximum absolute atomic E-state index is 11.6. The second-order valence-corrected chi connectivity index (χ2v) is 4.22. The van der Waals surface area contributed by atoms with Crippen LogP contribution in [0, 0.1) is 0 Å². The molecular weight excluding hydrogens is 226 g/mol. The lowest BCUT2D eigenvalue weighted by atomic mass is 10.2. The third kappa shape index (κ3) is 3.23. The summed E-state index contributed by atoms with van der Waals surface area (Å²) in [5, 5.41) is 4.18. The minimum absolute atomic E-state index is 0.0279. The number of hydrogen-bond donors (Lipinski definition) is 0. The zero-order valence-electron chi connectivity index (χ0n) is 9.98. The Hall–Kier alpha value is -1.03. The summed E-state index contributed by atoms with van der Waals surface area (Å²) in [4.78, 5) is 13.4. The molecule has 0 saturated carbocycles. The predicted octanol–water partition coefficient (Wildman–Crippen LogP) is 1.88. The third-order valence-electron chi connectivity index (χ3n) is 2.42. The number of rotatable bonds is 5. The predicted molar refractivity (Wildman–Crippen MR) is 64.3 cm³/mol. The first-order valence-electron chi connectivity index (χ1n) is 5.45. The first kappa shape index (κ1) is 13.0. The van der Waals surface area contributed by atoms with E-state index in [0.29, 0.717) is 6.54 Å². The first-order chi connectivity index (χ1) is 7.58. The van der Waals surface area contributed by atoms with Gasteiger partial charge in [0.05, 0.1) is 6.20 Å². The number of nitrogens with zero attached hydrogens (tertiary/aromatic N) is 3. The fourth-order valence-corrected chi connectivity index (χ4v) is 1.65. The van der Waals surface area contributed by atoms with Gasteiger partial charge in [0.1, 0.15) is 5.88 Å². The van der Waals surface area contributed by atoms with Crippen LogP contribution in [0.4, 0.5) is 0 Å². The van der Waals surface area contributed by atoms with E-state index in [9.17, 15) is 4.79 Å². The Morgan fingerprint density at radius 2 is 2.31 bits per heavy atom. The smallest absolute Gasteiger partial charge is 0.238 e. The van der Waals surface area contributed by atoms with Gasteiger partial charge >= 0.3 is 0 Å². The molecule has 0 fully saturated rings. The highest BCUT2D eigenvalue weighted by Crippen LogP contribution is 2.08. The van der Waals surface area contributed by atoms with Crippen LogP contribution in [-0.4, -0.2) is 32.5 Å². The van der Waals surface area contributed by atoms with Crippen molar-refractivity contribution in [3.8, 4) is 0 Å². The molecule has 4 nitrogen and oxygen atoms in total. The van der Waals surface area contributed by atoms with Crippen molar-refractivity contribution in [3.63, 3.8) is 0 Å². The molecule has 0 atom stereocenters. The number of carbonyl (C=O) groups is 1. The van der Waals surface area contributed by atoms with Crippen LogP contribution in [0.25, 0.3) is 0 Å². The summed E-state index contributed by atoms with van der Waals surface area (Å²) in [5.74, 6) is -0.0129. The number of aromatic nitrogens is 2. The molecule has 0 aliphatic rings. The van der Waals surface area contributed by atoms with Gasteiger partial charge in [0.2, 0.25) is 5.91 Å². The topological polar surface area (TPSA) is 38.1 Å². The third-order valence-corrected chi connectivity index (χ3v) is 2.65. The molecule has 0 bridgehead atoms. The minimum atomic E-state index is -0.0408. The molecule has 0 N–H and O–H groups in total. The van der Waals surface area contributed by atoms with Gasteiger partial charge in [0.25, 0.3) is 0 Å². The van der Waals surface area contributed by atoms with E-state index in [2.05, 4.69) is 5.10 Å². The lowest BCUT2D eigenvalue weighted by molar-refractivity contribution is -0.130. The number of alkyl halides is 1. The summed E-state index contributed by atoms with van der Waals surface area (Å²) in [6.07, 6.45) is 3.75. The monoisotopic (exact) mass is 243 g/mol. The van der Waals surface area contributed by atoms with E-state index in [1.54, 1.807) is 11.1 Å². The number of carbonyl (C=O) groups excluding carboxylic acids is 1. The molecule has 0 aliphatic heterocycles. The van der Waals surface area contributed by atoms with E-state index in [0.717, 1.165) is 12.1 Å². The summed E-state index contributed by atoms with van der Waals surface area (Å²) in [7, 11) is 0. The largest absolute Gasteiger partial charge is 0.335 e. The van der Waals surface area contributed by atoms with E-state index in [1.807, 2.05) is 31.6 Å². The van der Waals surface area contributed by atoms with Gasteiger partial charge in [-0.05, 0) is 20.8 Å². The maximum atomic E-state index is 11.6. The van der Waals surface area contributed by atoms with Gasteiger partial charge in [0, 0.05) is 30.9 Å². The second-order valence-electron chi connectivity index (χ2n) is 3.95. The number of hydrogen-bond acceptors (Lipinski definition) is 2. The fraction of sp³-hybridized carbons (Fsp3) is 0.636. The molecule has 1 rings (SSSR count). The molecule has 1 aromatic rings. The Morgan fingerprint density at radius 1 is 1.62 bits per heavy atom. The van der Waals surface area contributed by atoms with Crippen molar-refractivity contribution in [2.75, 3.05) is 5.88 Å². The molecule has 0 aromatic carbocycles. The lowest BCUT2D eigenvalue weighted by Crippen LogP contribution is -2.37. The van der Waals surface area contributed by atoms with Crippen LogP contribution in [-0.2, 0) is 17.9 Å². The van der Waals surface area contributed by atoms with E-state index in [4.69, 9.17) is 11.6 Å². The Morgan fingerprint density at radius 3 is 2.75 bits per heavy atom. The molecule has 16 heavy (non-hydrogen) atoms. The van der Waals surface area contributed by atoms with Crippen molar-refractivity contribution in [1.29, 1.82) is 0 Å². The first-order valence-corrected chi connectivity index (χ1v) is 5.98. The summed E-state index contributed by atoms with van der Waals surface area (Å²) in [6.45, 7) is 7.40. The molecule has 0 unspecified atom stereocenters. The van der Waals surface area contributed by atoms with Crippen molar-refractivity contribution in [3.05, 3.63) is 18.0 Å². The minimum Gasteiger partial charge on any atom is -0.335 e. The van der Waals surface area contributed by atoms with Crippen LogP contribution >= 0.6 is 11.6 Å². The van der Waals surface area contributed by atoms with Crippen molar-refractivity contribution < 1.29 is 4.79 Å². The van der Waals surface area contributed by atoms with Gasteiger partial charge in [-0.2, -0.15) is 5.10 Å². The molecule has 90 valence electrons. The lowest BCUT2D eigenvalue weighted by Gasteiger charge is -2.25. The summed E-state index contributed by atoms with van der Waals surface area (Å²) >= 11 is 5.58. The zero-order chi connectivity index (χ0) is 12.1. The fourth-order valence-electron chi connectivity index (χ4n) is 1.49. The van der Waals surface area contributed by atoms with Gasteiger partial charge in [0.15, 0.2) is 0 Å². The molecule has 0 saturated heterocycles. The second kappa shape index (κ2) is 5.89. The normalized spacial score (nSPS) is 10.8. The van der Waals surface area contributed by atoms with E-state index in [-0.39, 0.29) is 17.8 Å². The van der Waals surface area contributed by atoms with Gasteiger partial charge in [-0.25, -0.2) is 0 Å². The molecule has 5 heteroatoms. The maximum Gasteiger partial charge on any atom is 0.238 e. The van der Waals surface area contributed by atoms with Crippen LogP contribution in [0.2, 0.25) is 0 Å². The Kier molecular flexibility index (Phi) is 4.80. The highest BCUT2D eigenvalue weighted by Gasteiger charge is 2.16. The molecule has 0 radical (unpaired) electrons. The van der Waals surface area contributed by atoms with E-state index >= 15 is 0 Å². The number of halogens is 1. The average Bonchev–Trinajstić information content (AvgIpc) is 2.72. The number of amides is 1. The molecule has 1 aromatic heterocycles. The Labute approximate surface area is 101 Å². The van der Waals surface area contributed by atoms with Crippen molar-refractivity contribution in [1.82, 2.24) is 14.7 Å². The van der Waals surface area contributed by atoms with Crippen molar-refractivity contribution >= 4 is 17.5 Å². The number of aryl methyl sites for hydroxylation is 1. The van der Waals surface area contributed by atoms with Crippen LogP contribution in [0.15, 0.2) is 12.4 Å². The average molecular weight is 244 g/mol. The van der Waals surface area contributed by atoms with Crippen LogP contribution in [0.5, 0.6) is 0 Å². The van der Waals surface area contributed by atoms with Crippen LogP contribution in [0.3, 0.4) is 0 Å². The van der Waals surface area contributed by atoms with Crippen LogP contribution in [0.1, 0.15) is 26.3 Å². The Balaban J connectivity index is 2.71. The molecule has 1 heterocycles. The SMILES string of the molecule is CCn1cc(CN(C(=O)CCl)C(C)C)cn1. The van der Waals surface area contributed by atoms with Gasteiger partial charge in [-0.1, -0.05) is 0 Å². The zero-order valence-corrected chi connectivity index (χ0v) is 10.7. The van der Waals surface area contributed by atoms with E-state index < -0.39 is 0 Å². The summed E-state index contributed by atoms with van der Waals surface area (Å²) in [5.41, 5.74) is 1.04. The van der Waals surface area contributed by atoms with Gasteiger partial charge in [-0.3, -0.25) is 9.48 Å². The van der Waals surface area contributed by atoms with Crippen molar-refractivity contribution in [2.24, 2.45) is 0 Å². The molecule has 0 spiro atoms. The van der Waals surface area contributed by atoms with E-state index in [1.165, 1.54) is 0 Å². The summed E-state index contributed by atoms with van der Waals surface area (Å²) < 4.78 is 1.85. The summed E-state index contributed by atoms with van der Waals surface area (Å²) in [6, 6.07) is 0.149. The Bertz CT molecular complexity index is 349. The van der Waals surface area contributed by atoms with Gasteiger partial charge in [-0.15, -0.1) is 11.6 Å². The molecule has 1 amide bonds. The van der Waals surface area contributed by atoms with Crippen LogP contribution < -0.4 is 0 Å². The van der Waals surface area contributed by atoms with Gasteiger partial charge < -0.3 is 4.90 Å². The highest BCUT2D eigenvalue weighted by atomic mass is 35.5.